The Kier molecular flexibility index (Phi) is 4.52. The lowest BCUT2D eigenvalue weighted by Gasteiger charge is -2.09. The molecule has 0 fully saturated rings. The number of carbonyl (C=O) groups excluding carboxylic acids is 1. The highest BCUT2D eigenvalue weighted by Crippen LogP contribution is 2.16. The van der Waals surface area contributed by atoms with E-state index in [0.29, 0.717) is 11.6 Å². The number of hydrogen-bond acceptors (Lipinski definition) is 4. The third kappa shape index (κ3) is 3.76. The summed E-state index contributed by atoms with van der Waals surface area (Å²) in [6, 6.07) is 17.1. The van der Waals surface area contributed by atoms with E-state index < -0.39 is 0 Å². The summed E-state index contributed by atoms with van der Waals surface area (Å²) < 4.78 is 0. The molecule has 1 amide bonds. The predicted molar refractivity (Wildman–Crippen MR) is 95.6 cm³/mol. The van der Waals surface area contributed by atoms with Crippen molar-refractivity contribution in [2.24, 2.45) is 0 Å². The summed E-state index contributed by atoms with van der Waals surface area (Å²) in [5, 5.41) is 5.97. The van der Waals surface area contributed by atoms with E-state index in [1.807, 2.05) is 62.4 Å². The number of amides is 1. The zero-order valence-corrected chi connectivity index (χ0v) is 13.6. The zero-order chi connectivity index (χ0) is 16.9. The van der Waals surface area contributed by atoms with E-state index in [4.69, 9.17) is 0 Å². The lowest BCUT2D eigenvalue weighted by atomic mass is 10.2. The quantitative estimate of drug-likeness (QED) is 0.760. The fraction of sp³-hybridized carbons (Fsp3) is 0.105. The van der Waals surface area contributed by atoms with Gasteiger partial charge in [0, 0.05) is 17.6 Å². The van der Waals surface area contributed by atoms with Crippen LogP contribution in [0, 0.1) is 13.8 Å². The molecule has 2 N–H and O–H groups in total. The van der Waals surface area contributed by atoms with Gasteiger partial charge in [-0.15, -0.1) is 0 Å². The summed E-state index contributed by atoms with van der Waals surface area (Å²) in [5.74, 6) is 0.120. The third-order valence-corrected chi connectivity index (χ3v) is 3.59. The molecule has 3 aromatic rings. The molecule has 0 saturated carbocycles. The summed E-state index contributed by atoms with van der Waals surface area (Å²) in [5.41, 5.74) is 4.12. The molecule has 1 heterocycles. The Bertz CT molecular complexity index is 859. The predicted octanol–water partition coefficient (Wildman–Crippen LogP) is 4.09. The molecule has 0 aliphatic heterocycles. The summed E-state index contributed by atoms with van der Waals surface area (Å²) in [6.45, 7) is 3.97. The minimum absolute atomic E-state index is 0.265. The summed E-state index contributed by atoms with van der Waals surface area (Å²) in [6.07, 6.45) is 1.57. The smallest absolute Gasteiger partial charge is 0.274 e. The fourth-order valence-electron chi connectivity index (χ4n) is 2.21. The van der Waals surface area contributed by atoms with Crippen LogP contribution in [-0.4, -0.2) is 15.9 Å². The molecule has 0 aliphatic carbocycles. The number of aryl methyl sites for hydroxylation is 2. The monoisotopic (exact) mass is 318 g/mol. The molecular weight excluding hydrogens is 300 g/mol. The number of aromatic nitrogens is 2. The highest BCUT2D eigenvalue weighted by atomic mass is 16.1. The first kappa shape index (κ1) is 15.7. The Morgan fingerprint density at radius 3 is 2.46 bits per heavy atom. The van der Waals surface area contributed by atoms with E-state index in [0.717, 1.165) is 16.9 Å². The summed E-state index contributed by atoms with van der Waals surface area (Å²) in [4.78, 5) is 20.8. The van der Waals surface area contributed by atoms with Crippen LogP contribution < -0.4 is 10.6 Å². The standard InChI is InChI=1S/C19H18N4O/c1-13-7-9-15(10-8-13)21-19-20-12-11-17(23-19)18(24)22-16-6-4-3-5-14(16)2/h3-12H,1-2H3,(H,22,24)(H,20,21,23). The lowest BCUT2D eigenvalue weighted by molar-refractivity contribution is 0.102. The van der Waals surface area contributed by atoms with Gasteiger partial charge in [0.2, 0.25) is 5.95 Å². The van der Waals surface area contributed by atoms with Crippen LogP contribution in [0.3, 0.4) is 0 Å². The Hall–Kier alpha value is -3.21. The molecule has 3 rings (SSSR count). The van der Waals surface area contributed by atoms with Crippen LogP contribution in [-0.2, 0) is 0 Å². The van der Waals surface area contributed by atoms with Crippen LogP contribution in [0.2, 0.25) is 0 Å². The number of benzene rings is 2. The Balaban J connectivity index is 1.76. The average Bonchev–Trinajstić information content (AvgIpc) is 2.59. The minimum atomic E-state index is -0.265. The van der Waals surface area contributed by atoms with Crippen molar-refractivity contribution in [3.63, 3.8) is 0 Å². The molecule has 24 heavy (non-hydrogen) atoms. The van der Waals surface area contributed by atoms with Crippen molar-refractivity contribution in [2.75, 3.05) is 10.6 Å². The number of anilines is 3. The van der Waals surface area contributed by atoms with E-state index in [2.05, 4.69) is 20.6 Å². The van der Waals surface area contributed by atoms with Crippen molar-refractivity contribution in [3.05, 3.63) is 77.6 Å². The maximum atomic E-state index is 12.4. The summed E-state index contributed by atoms with van der Waals surface area (Å²) >= 11 is 0. The second kappa shape index (κ2) is 6.91. The zero-order valence-electron chi connectivity index (χ0n) is 13.6. The van der Waals surface area contributed by atoms with Crippen LogP contribution in [0.4, 0.5) is 17.3 Å². The Labute approximate surface area is 140 Å². The largest absolute Gasteiger partial charge is 0.324 e. The molecule has 0 aliphatic rings. The Morgan fingerprint density at radius 1 is 0.958 bits per heavy atom. The molecule has 5 nitrogen and oxygen atoms in total. The lowest BCUT2D eigenvalue weighted by Crippen LogP contribution is -2.15. The third-order valence-electron chi connectivity index (χ3n) is 3.59. The maximum absolute atomic E-state index is 12.4. The molecule has 1 aromatic heterocycles. The number of carbonyl (C=O) groups is 1. The van der Waals surface area contributed by atoms with Crippen molar-refractivity contribution < 1.29 is 4.79 Å². The van der Waals surface area contributed by atoms with Crippen LogP contribution >= 0.6 is 0 Å². The Morgan fingerprint density at radius 2 is 1.71 bits per heavy atom. The molecule has 0 bridgehead atoms. The van der Waals surface area contributed by atoms with Gasteiger partial charge in [-0.1, -0.05) is 35.9 Å². The van der Waals surface area contributed by atoms with Crippen molar-refractivity contribution in [1.82, 2.24) is 9.97 Å². The van der Waals surface area contributed by atoms with Gasteiger partial charge in [0.1, 0.15) is 5.69 Å². The second-order valence-electron chi connectivity index (χ2n) is 5.53. The van der Waals surface area contributed by atoms with Gasteiger partial charge in [0.15, 0.2) is 0 Å². The van der Waals surface area contributed by atoms with Gasteiger partial charge >= 0.3 is 0 Å². The van der Waals surface area contributed by atoms with E-state index in [1.165, 1.54) is 5.56 Å². The molecule has 0 spiro atoms. The van der Waals surface area contributed by atoms with E-state index in [9.17, 15) is 4.79 Å². The highest BCUT2D eigenvalue weighted by molar-refractivity contribution is 6.03. The van der Waals surface area contributed by atoms with Crippen LogP contribution in [0.5, 0.6) is 0 Å². The van der Waals surface area contributed by atoms with Gasteiger partial charge in [-0.05, 0) is 43.7 Å². The van der Waals surface area contributed by atoms with E-state index in [1.54, 1.807) is 12.3 Å². The minimum Gasteiger partial charge on any atom is -0.324 e. The molecule has 2 aromatic carbocycles. The molecular formula is C19H18N4O. The highest BCUT2D eigenvalue weighted by Gasteiger charge is 2.10. The summed E-state index contributed by atoms with van der Waals surface area (Å²) in [7, 11) is 0. The molecule has 0 saturated heterocycles. The van der Waals surface area contributed by atoms with Crippen molar-refractivity contribution in [3.8, 4) is 0 Å². The molecule has 120 valence electrons. The first-order valence-corrected chi connectivity index (χ1v) is 7.65. The van der Waals surface area contributed by atoms with Crippen LogP contribution in [0.15, 0.2) is 60.8 Å². The maximum Gasteiger partial charge on any atom is 0.274 e. The van der Waals surface area contributed by atoms with Crippen LogP contribution in [0.25, 0.3) is 0 Å². The van der Waals surface area contributed by atoms with E-state index in [-0.39, 0.29) is 5.91 Å². The average molecular weight is 318 g/mol. The van der Waals surface area contributed by atoms with Crippen molar-refractivity contribution in [1.29, 1.82) is 0 Å². The van der Waals surface area contributed by atoms with Gasteiger partial charge in [-0.2, -0.15) is 0 Å². The first-order chi connectivity index (χ1) is 11.6. The topological polar surface area (TPSA) is 66.9 Å². The molecule has 5 heteroatoms. The molecule has 0 atom stereocenters. The number of hydrogen-bond donors (Lipinski definition) is 2. The number of rotatable bonds is 4. The molecule has 0 unspecified atom stereocenters. The van der Waals surface area contributed by atoms with Gasteiger partial charge in [-0.25, -0.2) is 9.97 Å². The fourth-order valence-corrected chi connectivity index (χ4v) is 2.21. The van der Waals surface area contributed by atoms with Crippen molar-refractivity contribution >= 4 is 23.2 Å². The van der Waals surface area contributed by atoms with Crippen molar-refractivity contribution in [2.45, 2.75) is 13.8 Å². The molecule has 0 radical (unpaired) electrons. The van der Waals surface area contributed by atoms with Gasteiger partial charge < -0.3 is 10.6 Å². The van der Waals surface area contributed by atoms with E-state index >= 15 is 0 Å². The second-order valence-corrected chi connectivity index (χ2v) is 5.53. The van der Waals surface area contributed by atoms with Gasteiger partial charge in [0.05, 0.1) is 0 Å². The number of nitrogens with one attached hydrogen (secondary N) is 2. The SMILES string of the molecule is Cc1ccc(Nc2nccc(C(=O)Nc3ccccc3C)n2)cc1. The first-order valence-electron chi connectivity index (χ1n) is 7.65. The van der Waals surface area contributed by atoms with Gasteiger partial charge in [0.25, 0.3) is 5.91 Å². The number of nitrogens with zero attached hydrogens (tertiary/aromatic N) is 2. The van der Waals surface area contributed by atoms with Crippen LogP contribution in [0.1, 0.15) is 21.6 Å². The normalized spacial score (nSPS) is 10.2. The van der Waals surface area contributed by atoms with Gasteiger partial charge in [-0.3, -0.25) is 4.79 Å². The number of para-hydroxylation sites is 1.